The van der Waals surface area contributed by atoms with Gasteiger partial charge in [0.25, 0.3) is 0 Å². The van der Waals surface area contributed by atoms with Gasteiger partial charge in [-0.3, -0.25) is 4.90 Å². The zero-order valence-corrected chi connectivity index (χ0v) is 18.2. The third-order valence-electron chi connectivity index (χ3n) is 6.46. The molecule has 0 bridgehead atoms. The topological polar surface area (TPSA) is 88.0 Å². The summed E-state index contributed by atoms with van der Waals surface area (Å²) in [6, 6.07) is 2.09. The second-order valence-corrected chi connectivity index (χ2v) is 9.14. The molecule has 0 aromatic carbocycles. The van der Waals surface area contributed by atoms with E-state index in [0.717, 1.165) is 25.0 Å². The number of urea groups is 1. The van der Waals surface area contributed by atoms with Crippen molar-refractivity contribution < 1.29 is 4.79 Å². The normalized spacial score (nSPS) is 24.3. The summed E-state index contributed by atoms with van der Waals surface area (Å²) in [5.41, 5.74) is 2.06. The monoisotopic (exact) mass is 419 g/mol. The van der Waals surface area contributed by atoms with E-state index in [0.29, 0.717) is 30.3 Å². The fourth-order valence-electron chi connectivity index (χ4n) is 4.45. The van der Waals surface area contributed by atoms with E-state index in [1.807, 2.05) is 6.33 Å². The largest absolute Gasteiger partial charge is 0.343 e. The molecule has 0 spiro atoms. The predicted molar refractivity (Wildman–Crippen MR) is 120 cm³/mol. The molecule has 2 fully saturated rings. The van der Waals surface area contributed by atoms with Crippen molar-refractivity contribution >= 4 is 17.8 Å². The molecule has 31 heavy (non-hydrogen) atoms. The van der Waals surface area contributed by atoms with Crippen molar-refractivity contribution in [1.82, 2.24) is 24.8 Å². The average Bonchev–Trinajstić information content (AvgIpc) is 3.18. The van der Waals surface area contributed by atoms with Crippen LogP contribution in [0.3, 0.4) is 0 Å². The molecule has 1 unspecified atom stereocenters. The van der Waals surface area contributed by atoms with Crippen molar-refractivity contribution in [2.75, 3.05) is 16.8 Å². The van der Waals surface area contributed by atoms with Crippen LogP contribution in [0.25, 0.3) is 0 Å². The Morgan fingerprint density at radius 3 is 2.87 bits per heavy atom. The molecule has 3 aliphatic rings. The fourth-order valence-corrected chi connectivity index (χ4v) is 4.45. The van der Waals surface area contributed by atoms with E-state index in [1.54, 1.807) is 17.2 Å². The van der Waals surface area contributed by atoms with Crippen LogP contribution in [-0.2, 0) is 5.54 Å². The summed E-state index contributed by atoms with van der Waals surface area (Å²) in [6.07, 6.45) is 15.4. The van der Waals surface area contributed by atoms with Gasteiger partial charge in [-0.1, -0.05) is 37.6 Å². The second-order valence-electron chi connectivity index (χ2n) is 9.14. The van der Waals surface area contributed by atoms with E-state index < -0.39 is 0 Å². The SMILES string of the molecule is CC1=CC(n2cnc(C3(Nc4nccc(N5C(=O)NC[C@@H]5C(C)C)n4)CC3)c2)CC=C1. The van der Waals surface area contributed by atoms with E-state index in [1.165, 1.54) is 5.57 Å². The van der Waals surface area contributed by atoms with Gasteiger partial charge in [-0.15, -0.1) is 0 Å². The van der Waals surface area contributed by atoms with Gasteiger partial charge in [-0.05, 0) is 38.2 Å². The molecular weight excluding hydrogens is 390 g/mol. The molecule has 2 aromatic rings. The third kappa shape index (κ3) is 3.71. The average molecular weight is 420 g/mol. The molecule has 2 aliphatic carbocycles. The highest BCUT2D eigenvalue weighted by Gasteiger charge is 2.47. The first-order valence-electron chi connectivity index (χ1n) is 11.0. The summed E-state index contributed by atoms with van der Waals surface area (Å²) in [4.78, 5) is 28.0. The predicted octanol–water partition coefficient (Wildman–Crippen LogP) is 3.78. The van der Waals surface area contributed by atoms with E-state index >= 15 is 0 Å². The Morgan fingerprint density at radius 1 is 1.29 bits per heavy atom. The van der Waals surface area contributed by atoms with Gasteiger partial charge in [0.1, 0.15) is 5.82 Å². The Bertz CT molecular complexity index is 1050. The molecule has 3 heterocycles. The molecule has 1 saturated heterocycles. The van der Waals surface area contributed by atoms with Crippen LogP contribution in [0.15, 0.2) is 48.6 Å². The minimum atomic E-state index is -0.238. The minimum Gasteiger partial charge on any atom is -0.343 e. The summed E-state index contributed by atoms with van der Waals surface area (Å²) < 4.78 is 2.18. The maximum atomic E-state index is 12.4. The molecule has 8 nitrogen and oxygen atoms in total. The number of nitrogens with zero attached hydrogens (tertiary/aromatic N) is 5. The van der Waals surface area contributed by atoms with Crippen LogP contribution in [-0.4, -0.2) is 38.1 Å². The van der Waals surface area contributed by atoms with Crippen LogP contribution in [0, 0.1) is 5.92 Å². The van der Waals surface area contributed by atoms with Crippen LogP contribution in [0.4, 0.5) is 16.6 Å². The Kier molecular flexibility index (Phi) is 4.79. The lowest BCUT2D eigenvalue weighted by Gasteiger charge is -2.25. The van der Waals surface area contributed by atoms with Crippen LogP contribution < -0.4 is 15.5 Å². The first kappa shape index (κ1) is 19.8. The van der Waals surface area contributed by atoms with E-state index in [4.69, 9.17) is 4.98 Å². The number of carbonyl (C=O) groups is 1. The summed E-state index contributed by atoms with van der Waals surface area (Å²) in [7, 11) is 0. The van der Waals surface area contributed by atoms with E-state index in [2.05, 4.69) is 70.4 Å². The quantitative estimate of drug-likeness (QED) is 0.744. The van der Waals surface area contributed by atoms with Crippen LogP contribution in [0.5, 0.6) is 0 Å². The number of anilines is 2. The van der Waals surface area contributed by atoms with Gasteiger partial charge in [0.15, 0.2) is 0 Å². The smallest absolute Gasteiger partial charge is 0.323 e. The first-order valence-corrected chi connectivity index (χ1v) is 11.0. The van der Waals surface area contributed by atoms with Crippen molar-refractivity contribution in [3.63, 3.8) is 0 Å². The van der Waals surface area contributed by atoms with Gasteiger partial charge in [0.2, 0.25) is 5.95 Å². The van der Waals surface area contributed by atoms with Crippen molar-refractivity contribution in [2.45, 2.75) is 57.7 Å². The molecule has 0 radical (unpaired) electrons. The van der Waals surface area contributed by atoms with Gasteiger partial charge in [0.05, 0.1) is 29.6 Å². The van der Waals surface area contributed by atoms with Crippen molar-refractivity contribution in [3.8, 4) is 0 Å². The van der Waals surface area contributed by atoms with Crippen LogP contribution in [0.1, 0.15) is 51.8 Å². The van der Waals surface area contributed by atoms with Gasteiger partial charge in [-0.25, -0.2) is 14.8 Å². The number of hydrogen-bond donors (Lipinski definition) is 2. The van der Waals surface area contributed by atoms with E-state index in [-0.39, 0.29) is 17.6 Å². The molecule has 8 heteroatoms. The molecule has 2 atom stereocenters. The van der Waals surface area contributed by atoms with E-state index in [9.17, 15) is 4.79 Å². The molecule has 2 aromatic heterocycles. The van der Waals surface area contributed by atoms with Crippen molar-refractivity contribution in [3.05, 3.63) is 54.3 Å². The molecule has 162 valence electrons. The Morgan fingerprint density at radius 2 is 2.13 bits per heavy atom. The highest BCUT2D eigenvalue weighted by atomic mass is 16.2. The molecule has 1 saturated carbocycles. The zero-order valence-electron chi connectivity index (χ0n) is 18.2. The molecular formula is C23H29N7O. The molecule has 2 amide bonds. The maximum absolute atomic E-state index is 12.4. The number of aromatic nitrogens is 4. The lowest BCUT2D eigenvalue weighted by Crippen LogP contribution is -2.38. The fraction of sp³-hybridized carbons (Fsp3) is 0.478. The van der Waals surface area contributed by atoms with Gasteiger partial charge >= 0.3 is 6.03 Å². The minimum absolute atomic E-state index is 0.0851. The summed E-state index contributed by atoms with van der Waals surface area (Å²) in [5, 5.41) is 6.43. The number of amides is 2. The summed E-state index contributed by atoms with van der Waals surface area (Å²) >= 11 is 0. The zero-order chi connectivity index (χ0) is 21.6. The number of rotatable bonds is 6. The molecule has 1 aliphatic heterocycles. The Balaban J connectivity index is 1.36. The molecule has 2 N–H and O–H groups in total. The van der Waals surface area contributed by atoms with Crippen molar-refractivity contribution in [1.29, 1.82) is 0 Å². The number of allylic oxidation sites excluding steroid dienone is 4. The second kappa shape index (κ2) is 7.51. The number of nitrogens with one attached hydrogen (secondary N) is 2. The van der Waals surface area contributed by atoms with Crippen molar-refractivity contribution in [2.24, 2.45) is 5.92 Å². The molecule has 5 rings (SSSR count). The van der Waals surface area contributed by atoms with Gasteiger partial charge < -0.3 is 15.2 Å². The van der Waals surface area contributed by atoms with Crippen LogP contribution >= 0.6 is 0 Å². The highest BCUT2D eigenvalue weighted by Crippen LogP contribution is 2.47. The third-order valence-corrected chi connectivity index (χ3v) is 6.46. The van der Waals surface area contributed by atoms with Gasteiger partial charge in [0, 0.05) is 18.9 Å². The number of carbonyl (C=O) groups excluding carboxylic acids is 1. The Labute approximate surface area is 182 Å². The maximum Gasteiger partial charge on any atom is 0.323 e. The Hall–Kier alpha value is -3.16. The standard InChI is InChI=1S/C23H29N7O/c1-15(2)18-12-25-22(31)30(18)20-7-10-24-21(27-20)28-23(8-9-23)19-13-29(14-26-19)17-6-4-5-16(3)11-17/h4-5,7,10-11,13-15,17-18H,6,8-9,12H2,1-3H3,(H,25,31)(H,24,27,28)/t17?,18-/m1/s1. The summed E-state index contributed by atoms with van der Waals surface area (Å²) in [6.45, 7) is 6.99. The lowest BCUT2D eigenvalue weighted by molar-refractivity contribution is 0.251. The van der Waals surface area contributed by atoms with Gasteiger partial charge in [-0.2, -0.15) is 4.98 Å². The summed E-state index contributed by atoms with van der Waals surface area (Å²) in [5.74, 6) is 1.49. The number of imidazole rings is 1. The first-order chi connectivity index (χ1) is 14.9. The highest BCUT2D eigenvalue weighted by molar-refractivity contribution is 5.94. The lowest BCUT2D eigenvalue weighted by atomic mass is 10.0. The van der Waals surface area contributed by atoms with Crippen LogP contribution in [0.2, 0.25) is 0 Å². The number of hydrogen-bond acceptors (Lipinski definition) is 5.